The summed E-state index contributed by atoms with van der Waals surface area (Å²) in [6.45, 7) is 5.31. The first-order valence-electron chi connectivity index (χ1n) is 13.0. The number of nitrogens with one attached hydrogen (secondary N) is 1. The van der Waals surface area contributed by atoms with Crippen LogP contribution in [0.4, 0.5) is 24.8 Å². The number of piperazine rings is 1. The number of rotatable bonds is 6. The molecule has 1 aliphatic carbocycles. The fraction of sp³-hybridized carbons (Fsp3) is 0.462. The quantitative estimate of drug-likeness (QED) is 0.223. The molecule has 2 fully saturated rings. The number of nitrogens with zero attached hydrogens (tertiary/aromatic N) is 6. The van der Waals surface area contributed by atoms with E-state index in [1.807, 2.05) is 0 Å². The molecule has 1 saturated carbocycles. The lowest BCUT2D eigenvalue weighted by Gasteiger charge is -2.41. The lowest BCUT2D eigenvalue weighted by atomic mass is 9.94. The van der Waals surface area contributed by atoms with Gasteiger partial charge in [-0.1, -0.05) is 19.3 Å². The molecule has 13 heteroatoms. The van der Waals surface area contributed by atoms with Gasteiger partial charge in [0, 0.05) is 48.9 Å². The molecule has 9 nitrogen and oxygen atoms in total. The van der Waals surface area contributed by atoms with Crippen LogP contribution in [0.1, 0.15) is 44.9 Å². The summed E-state index contributed by atoms with van der Waals surface area (Å²) in [5.41, 5.74) is 12.8. The van der Waals surface area contributed by atoms with E-state index in [9.17, 15) is 13.2 Å². The van der Waals surface area contributed by atoms with Gasteiger partial charge in [-0.3, -0.25) is 4.90 Å². The van der Waals surface area contributed by atoms with Crippen LogP contribution in [0.3, 0.4) is 0 Å². The third-order valence-electron chi connectivity index (χ3n) is 6.96. The summed E-state index contributed by atoms with van der Waals surface area (Å²) in [7, 11) is 0. The second-order valence-corrected chi connectivity index (χ2v) is 11.0. The number of allylic oxidation sites excluding steroid dienone is 1. The predicted molar refractivity (Wildman–Crippen MR) is 147 cm³/mol. The van der Waals surface area contributed by atoms with E-state index in [4.69, 9.17) is 16.5 Å². The molecule has 39 heavy (non-hydrogen) atoms. The molecule has 0 bridgehead atoms. The molecule has 2 aliphatic rings. The first-order chi connectivity index (χ1) is 18.6. The largest absolute Gasteiger partial charge is 0.449 e. The van der Waals surface area contributed by atoms with E-state index in [1.165, 1.54) is 43.9 Å². The van der Waals surface area contributed by atoms with Crippen molar-refractivity contribution in [2.24, 2.45) is 16.5 Å². The number of aromatic amines is 1. The number of hydrogen-bond donors (Lipinski definition) is 3. The number of H-pyrrole nitrogens is 1. The van der Waals surface area contributed by atoms with Crippen LogP contribution in [-0.2, 0) is 6.18 Å². The highest BCUT2D eigenvalue weighted by molar-refractivity contribution is 7.99. The molecule has 3 aromatic rings. The molecule has 1 aliphatic heterocycles. The highest BCUT2D eigenvalue weighted by Gasteiger charge is 2.34. The van der Waals surface area contributed by atoms with Gasteiger partial charge in [0.05, 0.1) is 11.0 Å². The van der Waals surface area contributed by atoms with Crippen LogP contribution >= 0.6 is 11.8 Å². The molecule has 2 aromatic heterocycles. The van der Waals surface area contributed by atoms with E-state index >= 15 is 0 Å². The number of alkyl halides is 3. The average molecular weight is 560 g/mol. The molecule has 5 rings (SSSR count). The van der Waals surface area contributed by atoms with Gasteiger partial charge in [-0.15, -0.1) is 0 Å². The van der Waals surface area contributed by atoms with E-state index in [0.29, 0.717) is 27.6 Å². The van der Waals surface area contributed by atoms with Crippen molar-refractivity contribution >= 4 is 40.3 Å². The minimum Gasteiger partial charge on any atom is -0.402 e. The van der Waals surface area contributed by atoms with E-state index in [2.05, 4.69) is 29.7 Å². The molecule has 0 amide bonds. The fourth-order valence-corrected chi connectivity index (χ4v) is 5.92. The second kappa shape index (κ2) is 11.4. The zero-order chi connectivity index (χ0) is 27.6. The van der Waals surface area contributed by atoms with Crippen molar-refractivity contribution in [2.45, 2.75) is 61.3 Å². The van der Waals surface area contributed by atoms with Crippen molar-refractivity contribution in [1.29, 1.82) is 0 Å². The zero-order valence-corrected chi connectivity index (χ0v) is 22.5. The van der Waals surface area contributed by atoms with Gasteiger partial charge in [-0.25, -0.2) is 19.9 Å². The summed E-state index contributed by atoms with van der Waals surface area (Å²) in [6, 6.07) is 7.33. The summed E-state index contributed by atoms with van der Waals surface area (Å²) in [6.07, 6.45) is 3.49. The maximum atomic E-state index is 13.1. The number of benzene rings is 1. The van der Waals surface area contributed by atoms with Gasteiger partial charge in [-0.05, 0) is 55.8 Å². The van der Waals surface area contributed by atoms with E-state index in [-0.39, 0.29) is 16.9 Å². The van der Waals surface area contributed by atoms with Crippen molar-refractivity contribution in [3.63, 3.8) is 0 Å². The number of amidine groups is 1. The Morgan fingerprint density at radius 2 is 1.79 bits per heavy atom. The maximum Gasteiger partial charge on any atom is 0.449 e. The Kier molecular flexibility index (Phi) is 7.98. The van der Waals surface area contributed by atoms with Crippen molar-refractivity contribution in [2.75, 3.05) is 31.1 Å². The smallest absolute Gasteiger partial charge is 0.402 e. The van der Waals surface area contributed by atoms with Gasteiger partial charge < -0.3 is 21.4 Å². The van der Waals surface area contributed by atoms with Crippen LogP contribution in [0.5, 0.6) is 0 Å². The van der Waals surface area contributed by atoms with Crippen LogP contribution < -0.4 is 16.4 Å². The van der Waals surface area contributed by atoms with Crippen LogP contribution in [0, 0.1) is 0 Å². The number of aliphatic imine (C=N–C) groups is 1. The van der Waals surface area contributed by atoms with Gasteiger partial charge in [0.1, 0.15) is 11.7 Å². The lowest BCUT2D eigenvalue weighted by molar-refractivity contribution is -0.144. The Morgan fingerprint density at radius 3 is 2.49 bits per heavy atom. The van der Waals surface area contributed by atoms with E-state index < -0.39 is 12.0 Å². The first kappa shape index (κ1) is 27.3. The molecular weight excluding hydrogens is 527 g/mol. The highest BCUT2D eigenvalue weighted by atomic mass is 32.2. The molecule has 3 heterocycles. The Bertz CT molecular complexity index is 1370. The minimum atomic E-state index is -4.55. The number of aromatic nitrogens is 4. The maximum absolute atomic E-state index is 13.1. The second-order valence-electron chi connectivity index (χ2n) is 9.97. The van der Waals surface area contributed by atoms with Gasteiger partial charge in [0.2, 0.25) is 5.82 Å². The summed E-state index contributed by atoms with van der Waals surface area (Å²) in [5, 5.41) is 0.414. The van der Waals surface area contributed by atoms with Gasteiger partial charge in [0.25, 0.3) is 0 Å². The van der Waals surface area contributed by atoms with Crippen LogP contribution in [0.25, 0.3) is 11.0 Å². The van der Waals surface area contributed by atoms with Crippen LogP contribution in [0.2, 0.25) is 0 Å². The predicted octanol–water partition coefficient (Wildman–Crippen LogP) is 4.83. The van der Waals surface area contributed by atoms with Crippen molar-refractivity contribution in [3.8, 4) is 0 Å². The van der Waals surface area contributed by atoms with Crippen molar-refractivity contribution in [3.05, 3.63) is 41.9 Å². The first-order valence-corrected chi connectivity index (χ1v) is 13.9. The van der Waals surface area contributed by atoms with Gasteiger partial charge >= 0.3 is 6.18 Å². The number of imidazole rings is 1. The molecule has 0 radical (unpaired) electrons. The van der Waals surface area contributed by atoms with Crippen LogP contribution in [-0.4, -0.2) is 62.9 Å². The highest BCUT2D eigenvalue weighted by Crippen LogP contribution is 2.33. The summed E-state index contributed by atoms with van der Waals surface area (Å²) in [4.78, 5) is 25.2. The fourth-order valence-electron chi connectivity index (χ4n) is 5.12. The van der Waals surface area contributed by atoms with Gasteiger partial charge in [-0.2, -0.15) is 13.2 Å². The summed E-state index contributed by atoms with van der Waals surface area (Å²) < 4.78 is 39.3. The normalized spacial score (nSPS) is 18.7. The molecule has 1 saturated heterocycles. The Hall–Kier alpha value is -3.32. The molecule has 0 atom stereocenters. The third-order valence-corrected chi connectivity index (χ3v) is 7.81. The number of halogens is 3. The molecular formula is C26H32F3N9S. The molecule has 0 unspecified atom stereocenters. The topological polar surface area (TPSA) is 125 Å². The minimum absolute atomic E-state index is 0.219. The van der Waals surface area contributed by atoms with Crippen molar-refractivity contribution < 1.29 is 13.2 Å². The molecule has 208 valence electrons. The molecule has 5 N–H and O–H groups in total. The molecule has 1 aromatic carbocycles. The monoisotopic (exact) mass is 559 g/mol. The Balaban J connectivity index is 1.40. The average Bonchev–Trinajstić information content (AvgIpc) is 3.33. The van der Waals surface area contributed by atoms with E-state index in [0.717, 1.165) is 32.0 Å². The SMILES string of the molecule is CC(N)=CC(N)=Nc1cc(N2CCN(C3CCCCC3)CC2)nc(Sc2ccc3nc(C(F)(F)F)[nH]c3c2)n1. The standard InChI is InChI=1S/C26H32F3N9S/c1-16(30)13-21(31)34-22-15-23(38-11-9-37(10-12-38)17-5-3-2-4-6-17)36-25(35-22)39-18-7-8-19-20(14-18)33-24(32-19)26(27,28)29/h7-8,13-15,17H,2-6,9-12,30H2,1H3,(H,32,33)(H2,31,34,35,36). The Labute approximate surface area is 229 Å². The summed E-state index contributed by atoms with van der Waals surface area (Å²) in [5.74, 6) is 0.309. The lowest BCUT2D eigenvalue weighted by Crippen LogP contribution is -2.51. The van der Waals surface area contributed by atoms with Gasteiger partial charge in [0.15, 0.2) is 11.0 Å². The molecule has 0 spiro atoms. The van der Waals surface area contributed by atoms with Crippen molar-refractivity contribution in [1.82, 2.24) is 24.8 Å². The van der Waals surface area contributed by atoms with Crippen LogP contribution in [0.15, 0.2) is 51.1 Å². The Morgan fingerprint density at radius 1 is 1.05 bits per heavy atom. The number of hydrogen-bond acceptors (Lipinski definition) is 8. The number of nitrogens with two attached hydrogens (primary N) is 2. The van der Waals surface area contributed by atoms with E-state index in [1.54, 1.807) is 37.3 Å². The third kappa shape index (κ3) is 6.82. The zero-order valence-electron chi connectivity index (χ0n) is 21.7. The number of anilines is 1. The number of fused-ring (bicyclic) bond motifs is 1. The summed E-state index contributed by atoms with van der Waals surface area (Å²) >= 11 is 1.24.